The molecular weight excluding hydrogens is 344 g/mol. The van der Waals surface area contributed by atoms with Crippen LogP contribution < -0.4 is 5.32 Å². The van der Waals surface area contributed by atoms with Crippen molar-refractivity contribution < 1.29 is 4.74 Å². The van der Waals surface area contributed by atoms with E-state index in [9.17, 15) is 0 Å². The molecule has 1 atom stereocenters. The first kappa shape index (κ1) is 17.7. The highest BCUT2D eigenvalue weighted by molar-refractivity contribution is 7.18. The van der Waals surface area contributed by atoms with Crippen LogP contribution >= 0.6 is 11.3 Å². The van der Waals surface area contributed by atoms with Crippen molar-refractivity contribution in [2.75, 3.05) is 39.4 Å². The van der Waals surface area contributed by atoms with Gasteiger partial charge in [-0.15, -0.1) is 11.3 Å². The second-order valence-corrected chi connectivity index (χ2v) is 8.50. The molecule has 26 heavy (non-hydrogen) atoms. The molecule has 4 rings (SSSR count). The van der Waals surface area contributed by atoms with Gasteiger partial charge in [0.1, 0.15) is 0 Å². The Morgan fingerprint density at radius 1 is 1.38 bits per heavy atom. The number of ether oxygens (including phenoxy) is 1. The predicted molar refractivity (Wildman–Crippen MR) is 108 cm³/mol. The van der Waals surface area contributed by atoms with E-state index in [2.05, 4.69) is 41.4 Å². The number of nitrogens with one attached hydrogen (secondary N) is 1. The molecule has 1 unspecified atom stereocenters. The third-order valence-electron chi connectivity index (χ3n) is 5.41. The van der Waals surface area contributed by atoms with E-state index >= 15 is 0 Å². The Morgan fingerprint density at radius 3 is 3.12 bits per heavy atom. The highest BCUT2D eigenvalue weighted by Gasteiger charge is 2.42. The van der Waals surface area contributed by atoms with Crippen molar-refractivity contribution in [1.82, 2.24) is 15.2 Å². The number of thiazole rings is 1. The van der Waals surface area contributed by atoms with E-state index in [0.717, 1.165) is 63.7 Å². The summed E-state index contributed by atoms with van der Waals surface area (Å²) in [7, 11) is 0. The molecule has 0 saturated carbocycles. The molecule has 0 bridgehead atoms. The van der Waals surface area contributed by atoms with Gasteiger partial charge in [0.05, 0.1) is 21.8 Å². The fourth-order valence-electron chi connectivity index (χ4n) is 3.96. The first-order valence-electron chi connectivity index (χ1n) is 9.73. The molecule has 1 aromatic heterocycles. The smallest absolute Gasteiger partial charge is 0.193 e. The summed E-state index contributed by atoms with van der Waals surface area (Å²) in [6.45, 7) is 7.91. The Kier molecular flexibility index (Phi) is 5.41. The maximum absolute atomic E-state index is 5.65. The van der Waals surface area contributed by atoms with E-state index in [1.54, 1.807) is 11.3 Å². The van der Waals surface area contributed by atoms with Gasteiger partial charge in [0.25, 0.3) is 0 Å². The first-order valence-corrected chi connectivity index (χ1v) is 10.6. The number of fused-ring (bicyclic) bond motifs is 1. The zero-order valence-electron chi connectivity index (χ0n) is 15.5. The molecular formula is C20H28N4OS. The summed E-state index contributed by atoms with van der Waals surface area (Å²) < 4.78 is 6.93. The van der Waals surface area contributed by atoms with Gasteiger partial charge < -0.3 is 15.0 Å². The van der Waals surface area contributed by atoms with Crippen molar-refractivity contribution in [3.05, 3.63) is 29.3 Å². The summed E-state index contributed by atoms with van der Waals surface area (Å²) >= 11 is 1.80. The van der Waals surface area contributed by atoms with Crippen molar-refractivity contribution in [1.29, 1.82) is 0 Å². The number of rotatable bonds is 5. The Labute approximate surface area is 159 Å². The van der Waals surface area contributed by atoms with Crippen LogP contribution in [0.25, 0.3) is 10.2 Å². The molecule has 2 aliphatic heterocycles. The van der Waals surface area contributed by atoms with E-state index < -0.39 is 0 Å². The van der Waals surface area contributed by atoms with Gasteiger partial charge in [-0.25, -0.2) is 4.98 Å². The molecule has 140 valence electrons. The minimum Gasteiger partial charge on any atom is -0.381 e. The van der Waals surface area contributed by atoms with Gasteiger partial charge >= 0.3 is 0 Å². The van der Waals surface area contributed by atoms with Crippen molar-refractivity contribution in [3.8, 4) is 0 Å². The largest absolute Gasteiger partial charge is 0.381 e. The molecule has 0 radical (unpaired) electrons. The van der Waals surface area contributed by atoms with Gasteiger partial charge in [-0.05, 0) is 38.3 Å². The standard InChI is InChI=1S/C20H28N4OS/c1-2-21-19(24-12-9-20(14-24)10-13-25-15-20)22-11-5-8-18-23-16-6-3-4-7-17(16)26-18/h3-4,6-7H,2,5,8-15H2,1H3,(H,21,22). The van der Waals surface area contributed by atoms with Crippen LogP contribution in [-0.4, -0.2) is 55.2 Å². The van der Waals surface area contributed by atoms with Crippen LogP contribution in [-0.2, 0) is 11.2 Å². The number of hydrogen-bond acceptors (Lipinski definition) is 4. The van der Waals surface area contributed by atoms with Crippen molar-refractivity contribution in [2.45, 2.75) is 32.6 Å². The highest BCUT2D eigenvalue weighted by atomic mass is 32.1. The molecule has 1 spiro atoms. The SMILES string of the molecule is CCNC(=NCCCc1nc2ccccc2s1)N1CCC2(CCOC2)C1. The number of benzene rings is 1. The molecule has 2 saturated heterocycles. The van der Waals surface area contributed by atoms with Gasteiger partial charge in [-0.2, -0.15) is 0 Å². The van der Waals surface area contributed by atoms with Crippen LogP contribution in [0.3, 0.4) is 0 Å². The number of guanidine groups is 1. The fraction of sp³-hybridized carbons (Fsp3) is 0.600. The summed E-state index contributed by atoms with van der Waals surface area (Å²) in [6.07, 6.45) is 4.46. The Bertz CT molecular complexity index is 733. The zero-order chi connectivity index (χ0) is 17.8. The molecule has 0 aliphatic carbocycles. The average molecular weight is 373 g/mol. The highest BCUT2D eigenvalue weighted by Crippen LogP contribution is 2.38. The van der Waals surface area contributed by atoms with Gasteiger partial charge in [0.15, 0.2) is 5.96 Å². The summed E-state index contributed by atoms with van der Waals surface area (Å²) in [5, 5.41) is 4.69. The first-order chi connectivity index (χ1) is 12.8. The number of aromatic nitrogens is 1. The number of hydrogen-bond donors (Lipinski definition) is 1. The average Bonchev–Trinajstić information content (AvgIpc) is 3.38. The number of aliphatic imine (C=N–C) groups is 1. The van der Waals surface area contributed by atoms with Crippen molar-refractivity contribution in [2.24, 2.45) is 10.4 Å². The molecule has 2 aliphatic rings. The fourth-order valence-corrected chi connectivity index (χ4v) is 4.96. The molecule has 2 fully saturated rings. The Hall–Kier alpha value is -1.66. The maximum atomic E-state index is 5.65. The van der Waals surface area contributed by atoms with E-state index in [4.69, 9.17) is 14.7 Å². The lowest BCUT2D eigenvalue weighted by molar-refractivity contribution is 0.156. The second kappa shape index (κ2) is 7.92. The van der Waals surface area contributed by atoms with Gasteiger partial charge in [0, 0.05) is 44.6 Å². The maximum Gasteiger partial charge on any atom is 0.193 e. The lowest BCUT2D eigenvalue weighted by Gasteiger charge is -2.24. The van der Waals surface area contributed by atoms with Crippen LogP contribution in [0, 0.1) is 5.41 Å². The minimum absolute atomic E-state index is 0.372. The molecule has 2 aromatic rings. The molecule has 0 amide bonds. The van der Waals surface area contributed by atoms with E-state index in [1.165, 1.54) is 22.5 Å². The van der Waals surface area contributed by atoms with Crippen molar-refractivity contribution in [3.63, 3.8) is 0 Å². The minimum atomic E-state index is 0.372. The van der Waals surface area contributed by atoms with E-state index in [-0.39, 0.29) is 0 Å². The third-order valence-corrected chi connectivity index (χ3v) is 6.50. The zero-order valence-corrected chi connectivity index (χ0v) is 16.4. The van der Waals surface area contributed by atoms with E-state index in [0.29, 0.717) is 5.41 Å². The van der Waals surface area contributed by atoms with Crippen LogP contribution in [0.2, 0.25) is 0 Å². The lowest BCUT2D eigenvalue weighted by Crippen LogP contribution is -2.41. The number of para-hydroxylation sites is 1. The lowest BCUT2D eigenvalue weighted by atomic mass is 9.87. The summed E-state index contributed by atoms with van der Waals surface area (Å²) in [5.74, 6) is 1.07. The van der Waals surface area contributed by atoms with Crippen LogP contribution in [0.1, 0.15) is 31.2 Å². The molecule has 1 aromatic carbocycles. The number of nitrogens with zero attached hydrogens (tertiary/aromatic N) is 3. The van der Waals surface area contributed by atoms with Gasteiger partial charge in [-0.3, -0.25) is 4.99 Å². The second-order valence-electron chi connectivity index (χ2n) is 7.39. The number of likely N-dealkylation sites (tertiary alicyclic amines) is 1. The summed E-state index contributed by atoms with van der Waals surface area (Å²) in [4.78, 5) is 12.0. The van der Waals surface area contributed by atoms with Gasteiger partial charge in [0.2, 0.25) is 0 Å². The van der Waals surface area contributed by atoms with Crippen LogP contribution in [0.15, 0.2) is 29.3 Å². The quantitative estimate of drug-likeness (QED) is 0.497. The Balaban J connectivity index is 1.32. The van der Waals surface area contributed by atoms with Gasteiger partial charge in [-0.1, -0.05) is 12.1 Å². The summed E-state index contributed by atoms with van der Waals surface area (Å²) in [6, 6.07) is 8.37. The molecule has 5 nitrogen and oxygen atoms in total. The molecule has 1 N–H and O–H groups in total. The molecule has 6 heteroatoms. The predicted octanol–water partition coefficient (Wildman–Crippen LogP) is 3.31. The topological polar surface area (TPSA) is 49.8 Å². The van der Waals surface area contributed by atoms with E-state index in [1.807, 2.05) is 0 Å². The van der Waals surface area contributed by atoms with Crippen molar-refractivity contribution >= 4 is 27.5 Å². The monoisotopic (exact) mass is 372 g/mol. The summed E-state index contributed by atoms with van der Waals surface area (Å²) in [5.41, 5.74) is 1.49. The third kappa shape index (κ3) is 3.86. The van der Waals surface area contributed by atoms with Crippen LogP contribution in [0.5, 0.6) is 0 Å². The molecule has 3 heterocycles. The normalized spacial score (nSPS) is 23.4. The van der Waals surface area contributed by atoms with Crippen LogP contribution in [0.4, 0.5) is 0 Å². The number of aryl methyl sites for hydroxylation is 1. The Morgan fingerprint density at radius 2 is 2.31 bits per heavy atom.